The van der Waals surface area contributed by atoms with E-state index in [0.717, 1.165) is 30.7 Å². The fourth-order valence-electron chi connectivity index (χ4n) is 4.08. The smallest absolute Gasteiger partial charge is 0.166 e. The van der Waals surface area contributed by atoms with Crippen LogP contribution in [0.5, 0.6) is 5.75 Å². The highest BCUT2D eigenvalue weighted by atomic mass is 19.1. The Morgan fingerprint density at radius 2 is 1.59 bits per heavy atom. The van der Waals surface area contributed by atoms with Gasteiger partial charge >= 0.3 is 0 Å². The zero-order valence-electron chi connectivity index (χ0n) is 17.8. The van der Waals surface area contributed by atoms with Crippen molar-refractivity contribution in [2.75, 3.05) is 0 Å². The van der Waals surface area contributed by atoms with E-state index in [1.165, 1.54) is 50.2 Å². The predicted molar refractivity (Wildman–Crippen MR) is 119 cm³/mol. The number of aryl methyl sites for hydroxylation is 1. The largest absolute Gasteiger partial charge is 0.487 e. The Morgan fingerprint density at radius 1 is 0.897 bits per heavy atom. The van der Waals surface area contributed by atoms with Crippen LogP contribution in [0.15, 0.2) is 42.5 Å². The third kappa shape index (κ3) is 6.64. The summed E-state index contributed by atoms with van der Waals surface area (Å²) >= 11 is 0. The fraction of sp³-hybridized carbons (Fsp3) is 0.481. The molecule has 1 aliphatic carbocycles. The van der Waals surface area contributed by atoms with Crippen LogP contribution in [0.2, 0.25) is 0 Å². The molecule has 0 unspecified atom stereocenters. The summed E-state index contributed by atoms with van der Waals surface area (Å²) in [7, 11) is 0. The molecular formula is C27H33FO. The third-order valence-electron chi connectivity index (χ3n) is 5.84. The molecule has 0 heterocycles. The molecule has 0 bridgehead atoms. The number of rotatable bonds is 7. The van der Waals surface area contributed by atoms with Gasteiger partial charge in [0.25, 0.3) is 0 Å². The molecule has 0 aliphatic heterocycles. The van der Waals surface area contributed by atoms with Crippen molar-refractivity contribution in [3.8, 4) is 17.6 Å². The van der Waals surface area contributed by atoms with Crippen molar-refractivity contribution in [1.29, 1.82) is 0 Å². The summed E-state index contributed by atoms with van der Waals surface area (Å²) in [5.41, 5.74) is 2.97. The van der Waals surface area contributed by atoms with Gasteiger partial charge in [-0.1, -0.05) is 57.1 Å². The molecule has 0 amide bonds. The maximum atomic E-state index is 14.5. The summed E-state index contributed by atoms with van der Waals surface area (Å²) in [4.78, 5) is 0. The number of hydrogen-bond donors (Lipinski definition) is 0. The van der Waals surface area contributed by atoms with E-state index in [-0.39, 0.29) is 11.9 Å². The van der Waals surface area contributed by atoms with Gasteiger partial charge < -0.3 is 4.74 Å². The molecule has 1 aliphatic rings. The highest BCUT2D eigenvalue weighted by Gasteiger charge is 2.22. The summed E-state index contributed by atoms with van der Waals surface area (Å²) in [6, 6.07) is 13.4. The summed E-state index contributed by atoms with van der Waals surface area (Å²) in [5, 5.41) is 0. The highest BCUT2D eigenvalue weighted by molar-refractivity contribution is 5.45. The Bertz CT molecular complexity index is 820. The number of halogens is 1. The van der Waals surface area contributed by atoms with Crippen LogP contribution >= 0.6 is 0 Å². The lowest BCUT2D eigenvalue weighted by Crippen LogP contribution is -2.24. The minimum absolute atomic E-state index is 0.140. The number of unbranched alkanes of at least 4 members (excludes halogenated alkanes) is 1. The average molecular weight is 393 g/mol. The summed E-state index contributed by atoms with van der Waals surface area (Å²) in [6.45, 7) is 4.44. The third-order valence-corrected chi connectivity index (χ3v) is 5.84. The molecule has 154 valence electrons. The quantitative estimate of drug-likeness (QED) is 0.449. The lowest BCUT2D eigenvalue weighted by Gasteiger charge is -2.28. The molecule has 0 spiro atoms. The standard InChI is InChI=1S/C27H33FO/c1-3-5-7-22-8-10-23(11-9-22)12-13-24-16-19-27(26(28)20-24)29-25-17-14-21(6-4-2)15-18-25/h8-11,16,19-21,25H,3-7,14-15,17-18H2,1-2H3. The molecule has 1 nitrogen and oxygen atoms in total. The topological polar surface area (TPSA) is 9.23 Å². The maximum Gasteiger partial charge on any atom is 0.166 e. The second-order valence-corrected chi connectivity index (χ2v) is 8.24. The van der Waals surface area contributed by atoms with E-state index in [4.69, 9.17) is 4.74 Å². The van der Waals surface area contributed by atoms with E-state index < -0.39 is 0 Å². The van der Waals surface area contributed by atoms with Crippen molar-refractivity contribution in [1.82, 2.24) is 0 Å². The maximum absolute atomic E-state index is 14.5. The SMILES string of the molecule is CCCCc1ccc(C#Cc2ccc(OC3CCC(CCC)CC3)c(F)c2)cc1. The second kappa shape index (κ2) is 11.1. The molecule has 0 N–H and O–H groups in total. The monoisotopic (exact) mass is 392 g/mol. The Hall–Kier alpha value is -2.27. The number of ether oxygens (including phenoxy) is 1. The van der Waals surface area contributed by atoms with Gasteiger partial charge in [-0.15, -0.1) is 0 Å². The first-order chi connectivity index (χ1) is 14.2. The molecule has 29 heavy (non-hydrogen) atoms. The van der Waals surface area contributed by atoms with Crippen LogP contribution in [-0.2, 0) is 6.42 Å². The van der Waals surface area contributed by atoms with Crippen molar-refractivity contribution in [2.45, 2.75) is 77.7 Å². The summed E-state index contributed by atoms with van der Waals surface area (Å²) in [6.07, 6.45) is 10.7. The van der Waals surface area contributed by atoms with Crippen molar-refractivity contribution in [3.63, 3.8) is 0 Å². The van der Waals surface area contributed by atoms with E-state index in [2.05, 4.69) is 37.8 Å². The average Bonchev–Trinajstić information content (AvgIpc) is 2.75. The Kier molecular flexibility index (Phi) is 8.17. The first kappa shape index (κ1) is 21.4. The van der Waals surface area contributed by atoms with Crippen LogP contribution in [0.3, 0.4) is 0 Å². The van der Waals surface area contributed by atoms with Crippen LogP contribution < -0.4 is 4.74 Å². The Balaban J connectivity index is 1.57. The van der Waals surface area contributed by atoms with Gasteiger partial charge in [0.2, 0.25) is 0 Å². The molecule has 0 saturated heterocycles. The van der Waals surface area contributed by atoms with E-state index in [1.807, 2.05) is 18.2 Å². The second-order valence-electron chi connectivity index (χ2n) is 8.24. The van der Waals surface area contributed by atoms with E-state index in [9.17, 15) is 4.39 Å². The molecule has 2 heteroatoms. The van der Waals surface area contributed by atoms with Crippen molar-refractivity contribution in [3.05, 3.63) is 65.0 Å². The van der Waals surface area contributed by atoms with Gasteiger partial charge in [-0.3, -0.25) is 0 Å². The van der Waals surface area contributed by atoms with E-state index >= 15 is 0 Å². The van der Waals surface area contributed by atoms with Crippen molar-refractivity contribution in [2.24, 2.45) is 5.92 Å². The molecule has 2 aromatic rings. The van der Waals surface area contributed by atoms with Gasteiger partial charge in [-0.25, -0.2) is 4.39 Å². The zero-order chi connectivity index (χ0) is 20.5. The number of benzene rings is 2. The molecule has 3 rings (SSSR count). The minimum Gasteiger partial charge on any atom is -0.487 e. The van der Waals surface area contributed by atoms with Crippen LogP contribution in [0.1, 0.15) is 81.9 Å². The first-order valence-corrected chi connectivity index (χ1v) is 11.2. The summed E-state index contributed by atoms with van der Waals surface area (Å²) < 4.78 is 20.5. The minimum atomic E-state index is -0.317. The van der Waals surface area contributed by atoms with E-state index in [0.29, 0.717) is 11.3 Å². The summed E-state index contributed by atoms with van der Waals surface area (Å²) in [5.74, 6) is 7.06. The van der Waals surface area contributed by atoms with Crippen molar-refractivity contribution >= 4 is 0 Å². The van der Waals surface area contributed by atoms with Crippen LogP contribution in [-0.4, -0.2) is 6.10 Å². The van der Waals surface area contributed by atoms with Crippen LogP contribution in [0.4, 0.5) is 4.39 Å². The van der Waals surface area contributed by atoms with Gasteiger partial charge in [0.05, 0.1) is 6.10 Å². The molecule has 2 aromatic carbocycles. The predicted octanol–water partition coefficient (Wildman–Crippen LogP) is 7.31. The Morgan fingerprint density at radius 3 is 2.24 bits per heavy atom. The molecule has 0 aromatic heterocycles. The fourth-order valence-corrected chi connectivity index (χ4v) is 4.08. The lowest BCUT2D eigenvalue weighted by atomic mass is 9.85. The van der Waals surface area contributed by atoms with Gasteiger partial charge in [0.1, 0.15) is 0 Å². The molecule has 0 radical (unpaired) electrons. The first-order valence-electron chi connectivity index (χ1n) is 11.2. The highest BCUT2D eigenvalue weighted by Crippen LogP contribution is 2.31. The van der Waals surface area contributed by atoms with Gasteiger partial charge in [0, 0.05) is 11.1 Å². The molecule has 0 atom stereocenters. The molecular weight excluding hydrogens is 359 g/mol. The Labute approximate surface area is 175 Å². The van der Waals surface area contributed by atoms with Crippen LogP contribution in [0, 0.1) is 23.6 Å². The van der Waals surface area contributed by atoms with Crippen LogP contribution in [0.25, 0.3) is 0 Å². The molecule has 1 fully saturated rings. The van der Waals surface area contributed by atoms with E-state index in [1.54, 1.807) is 6.07 Å². The van der Waals surface area contributed by atoms with Gasteiger partial charge in [-0.2, -0.15) is 0 Å². The normalized spacial score (nSPS) is 18.7. The number of hydrogen-bond acceptors (Lipinski definition) is 1. The van der Waals surface area contributed by atoms with Crippen molar-refractivity contribution < 1.29 is 9.13 Å². The zero-order valence-corrected chi connectivity index (χ0v) is 17.8. The molecule has 1 saturated carbocycles. The van der Waals surface area contributed by atoms with Gasteiger partial charge in [-0.05, 0) is 80.3 Å². The van der Waals surface area contributed by atoms with Gasteiger partial charge in [0.15, 0.2) is 11.6 Å². The lowest BCUT2D eigenvalue weighted by molar-refractivity contribution is 0.123.